The van der Waals surface area contributed by atoms with Crippen molar-refractivity contribution in [1.29, 1.82) is 0 Å². The Hall–Kier alpha value is -3.91. The minimum atomic E-state index is -3.40. The van der Waals surface area contributed by atoms with E-state index in [1.807, 2.05) is 31.2 Å². The van der Waals surface area contributed by atoms with Crippen LogP contribution in [0.25, 0.3) is 21.8 Å². The number of carbonyl (C=O) groups is 1. The zero-order valence-corrected chi connectivity index (χ0v) is 20.9. The van der Waals surface area contributed by atoms with E-state index < -0.39 is 15.8 Å². The number of hydrogen-bond donors (Lipinski definition) is 0. The summed E-state index contributed by atoms with van der Waals surface area (Å²) in [7, 11) is -3.40. The first-order valence-electron chi connectivity index (χ1n) is 11.7. The van der Waals surface area contributed by atoms with E-state index in [9.17, 15) is 13.2 Å². The van der Waals surface area contributed by atoms with Gasteiger partial charge in [0, 0.05) is 35.2 Å². The highest BCUT2D eigenvalue weighted by Crippen LogP contribution is 2.42. The summed E-state index contributed by atoms with van der Waals surface area (Å²) < 4.78 is 33.0. The first-order chi connectivity index (χ1) is 17.3. The molecule has 2 heterocycles. The minimum Gasteiger partial charge on any atom is -0.491 e. The van der Waals surface area contributed by atoms with E-state index in [1.165, 1.54) is 6.26 Å². The van der Waals surface area contributed by atoms with Crippen molar-refractivity contribution in [3.63, 3.8) is 0 Å². The summed E-state index contributed by atoms with van der Waals surface area (Å²) in [6, 6.07) is 17.8. The predicted octanol–water partition coefficient (Wildman–Crippen LogP) is 5.36. The Morgan fingerprint density at radius 1 is 1.17 bits per heavy atom. The average molecular weight is 503 g/mol. The van der Waals surface area contributed by atoms with Crippen LogP contribution < -0.4 is 4.74 Å². The van der Waals surface area contributed by atoms with E-state index in [0.717, 1.165) is 21.8 Å². The van der Waals surface area contributed by atoms with Crippen LogP contribution in [0.4, 0.5) is 0 Å². The first kappa shape index (κ1) is 23.8. The molecule has 0 fully saturated rings. The van der Waals surface area contributed by atoms with Gasteiger partial charge in [-0.25, -0.2) is 13.2 Å². The van der Waals surface area contributed by atoms with Crippen LogP contribution >= 0.6 is 0 Å². The highest BCUT2D eigenvalue weighted by atomic mass is 32.2. The number of oxime groups is 1. The SMILES string of the molecule is C=CCC1COc2c(ccc3c2c2cc(S(C)(=O)=O)ccc2n3CC)C1=NOC(=O)c1ccccc1. The number of nitrogens with zero attached hydrogens (tertiary/aromatic N) is 2. The van der Waals surface area contributed by atoms with Gasteiger partial charge in [-0.05, 0) is 55.8 Å². The van der Waals surface area contributed by atoms with E-state index in [0.29, 0.717) is 42.2 Å². The summed E-state index contributed by atoms with van der Waals surface area (Å²) in [5, 5.41) is 5.91. The number of rotatable bonds is 6. The number of carbonyl (C=O) groups excluding carboxylic acids is 1. The van der Waals surface area contributed by atoms with Crippen LogP contribution in [0.15, 0.2) is 83.4 Å². The second-order valence-electron chi connectivity index (χ2n) is 8.79. The topological polar surface area (TPSA) is 87.0 Å². The number of fused-ring (bicyclic) bond motifs is 5. The van der Waals surface area contributed by atoms with Gasteiger partial charge in [-0.15, -0.1) is 6.58 Å². The normalized spacial score (nSPS) is 16.6. The predicted molar refractivity (Wildman–Crippen MR) is 140 cm³/mol. The Balaban J connectivity index is 1.70. The van der Waals surface area contributed by atoms with Gasteiger partial charge in [-0.3, -0.25) is 0 Å². The quantitative estimate of drug-likeness (QED) is 0.201. The molecule has 5 rings (SSSR count). The summed E-state index contributed by atoms with van der Waals surface area (Å²) in [5.41, 5.74) is 3.56. The average Bonchev–Trinajstić information content (AvgIpc) is 3.21. The van der Waals surface area contributed by atoms with Crippen molar-refractivity contribution >= 4 is 43.3 Å². The second-order valence-corrected chi connectivity index (χ2v) is 10.8. The van der Waals surface area contributed by atoms with Crippen molar-refractivity contribution in [2.24, 2.45) is 11.1 Å². The van der Waals surface area contributed by atoms with Gasteiger partial charge in [0.05, 0.1) is 33.7 Å². The van der Waals surface area contributed by atoms with E-state index >= 15 is 0 Å². The van der Waals surface area contributed by atoms with Crippen LogP contribution in [0.5, 0.6) is 5.75 Å². The highest BCUT2D eigenvalue weighted by Gasteiger charge is 2.30. The zero-order valence-electron chi connectivity index (χ0n) is 20.1. The highest BCUT2D eigenvalue weighted by molar-refractivity contribution is 7.90. The fourth-order valence-electron chi connectivity index (χ4n) is 4.77. The number of aromatic nitrogens is 1. The minimum absolute atomic E-state index is 0.151. The smallest absolute Gasteiger partial charge is 0.365 e. The fourth-order valence-corrected chi connectivity index (χ4v) is 5.41. The van der Waals surface area contributed by atoms with Crippen molar-refractivity contribution < 1.29 is 22.8 Å². The van der Waals surface area contributed by atoms with Gasteiger partial charge in [0.2, 0.25) is 0 Å². The maximum atomic E-state index is 12.6. The maximum Gasteiger partial charge on any atom is 0.365 e. The van der Waals surface area contributed by atoms with E-state index in [2.05, 4.69) is 16.3 Å². The zero-order chi connectivity index (χ0) is 25.4. The Labute approximate surface area is 209 Å². The maximum absolute atomic E-state index is 12.6. The van der Waals surface area contributed by atoms with Gasteiger partial charge in [-0.2, -0.15) is 0 Å². The fraction of sp³-hybridized carbons (Fsp3) is 0.214. The summed E-state index contributed by atoms with van der Waals surface area (Å²) in [6.45, 7) is 6.91. The number of allylic oxidation sites excluding steroid dienone is 1. The summed E-state index contributed by atoms with van der Waals surface area (Å²) in [4.78, 5) is 18.2. The van der Waals surface area contributed by atoms with Crippen LogP contribution in [-0.2, 0) is 21.2 Å². The third kappa shape index (κ3) is 4.07. The van der Waals surface area contributed by atoms with Gasteiger partial charge in [0.1, 0.15) is 5.75 Å². The number of benzene rings is 3. The second kappa shape index (κ2) is 9.28. The van der Waals surface area contributed by atoms with Gasteiger partial charge < -0.3 is 14.1 Å². The van der Waals surface area contributed by atoms with Gasteiger partial charge >= 0.3 is 5.97 Å². The van der Waals surface area contributed by atoms with Crippen molar-refractivity contribution in [1.82, 2.24) is 4.57 Å². The van der Waals surface area contributed by atoms with Crippen molar-refractivity contribution in [3.8, 4) is 5.75 Å². The molecule has 36 heavy (non-hydrogen) atoms. The molecule has 1 atom stereocenters. The van der Waals surface area contributed by atoms with Gasteiger partial charge in [0.25, 0.3) is 0 Å². The molecule has 0 saturated carbocycles. The summed E-state index contributed by atoms with van der Waals surface area (Å²) >= 11 is 0. The van der Waals surface area contributed by atoms with Crippen LogP contribution in [0.2, 0.25) is 0 Å². The van der Waals surface area contributed by atoms with Crippen molar-refractivity contribution in [2.45, 2.75) is 24.8 Å². The summed E-state index contributed by atoms with van der Waals surface area (Å²) in [6.07, 6.45) is 3.58. The molecule has 1 unspecified atom stereocenters. The molecule has 1 aliphatic heterocycles. The van der Waals surface area contributed by atoms with E-state index in [-0.39, 0.29) is 10.8 Å². The first-order valence-corrected chi connectivity index (χ1v) is 13.6. The molecule has 0 N–H and O–H groups in total. The third-order valence-electron chi connectivity index (χ3n) is 6.48. The molecule has 0 amide bonds. The molecule has 1 aliphatic rings. The molecule has 0 radical (unpaired) electrons. The lowest BCUT2D eigenvalue weighted by molar-refractivity contribution is 0.0512. The van der Waals surface area contributed by atoms with Gasteiger partial charge in [0.15, 0.2) is 9.84 Å². The molecule has 0 saturated heterocycles. The molecule has 3 aromatic carbocycles. The van der Waals surface area contributed by atoms with E-state index in [1.54, 1.807) is 42.5 Å². The van der Waals surface area contributed by atoms with Crippen LogP contribution in [0.3, 0.4) is 0 Å². The van der Waals surface area contributed by atoms with Crippen LogP contribution in [-0.4, -0.2) is 37.5 Å². The molecule has 0 aliphatic carbocycles. The molecule has 7 nitrogen and oxygen atoms in total. The molecular weight excluding hydrogens is 476 g/mol. The van der Waals surface area contributed by atoms with Gasteiger partial charge in [-0.1, -0.05) is 29.4 Å². The number of ether oxygens (including phenoxy) is 1. The molecule has 4 aromatic rings. The monoisotopic (exact) mass is 502 g/mol. The third-order valence-corrected chi connectivity index (χ3v) is 7.59. The number of hydrogen-bond acceptors (Lipinski definition) is 6. The molecule has 1 aromatic heterocycles. The lowest BCUT2D eigenvalue weighted by Gasteiger charge is -2.26. The standard InChI is InChI=1S/C28H26N2O5S/c1-4-9-19-17-34-27-21(26(19)29-35-28(31)18-10-7-6-8-11-18)13-15-24-25(27)22-16-20(36(3,32)33)12-14-23(22)30(24)5-2/h4,6-8,10-16,19H,1,5,9,17H2,2-3H3. The van der Waals surface area contributed by atoms with Crippen LogP contribution in [0, 0.1) is 5.92 Å². The number of aryl methyl sites for hydroxylation is 1. The summed E-state index contributed by atoms with van der Waals surface area (Å²) in [5.74, 6) is -0.0951. The molecular formula is C28H26N2O5S. The Morgan fingerprint density at radius 2 is 1.92 bits per heavy atom. The van der Waals surface area contributed by atoms with E-state index in [4.69, 9.17) is 9.57 Å². The lowest BCUT2D eigenvalue weighted by Crippen LogP contribution is -2.29. The Morgan fingerprint density at radius 3 is 2.61 bits per heavy atom. The lowest BCUT2D eigenvalue weighted by atomic mass is 9.90. The Kier molecular flexibility index (Phi) is 6.14. The molecule has 184 valence electrons. The Bertz CT molecular complexity index is 1640. The molecule has 0 bridgehead atoms. The van der Waals surface area contributed by atoms with Crippen LogP contribution in [0.1, 0.15) is 29.3 Å². The molecule has 0 spiro atoms. The van der Waals surface area contributed by atoms with Crippen molar-refractivity contribution in [2.75, 3.05) is 12.9 Å². The van der Waals surface area contributed by atoms with Crippen molar-refractivity contribution in [3.05, 3.63) is 84.4 Å². The molecule has 8 heteroatoms. The number of sulfone groups is 1. The largest absolute Gasteiger partial charge is 0.491 e.